The molecule has 0 aromatic carbocycles. The van der Waals surface area contributed by atoms with Crippen molar-refractivity contribution in [2.24, 2.45) is 0 Å². The van der Waals surface area contributed by atoms with E-state index in [9.17, 15) is 18.9 Å². The van der Waals surface area contributed by atoms with Crippen molar-refractivity contribution in [1.82, 2.24) is 0 Å². The molecule has 0 aliphatic rings. The van der Waals surface area contributed by atoms with Gasteiger partial charge in [0.25, 0.3) is 0 Å². The van der Waals surface area contributed by atoms with E-state index in [4.69, 9.17) is 0 Å². The van der Waals surface area contributed by atoms with E-state index in [1.54, 1.807) is 0 Å². The average molecular weight is 463 g/mol. The largest absolute Gasteiger partial charge is 1.00 e. The van der Waals surface area contributed by atoms with Gasteiger partial charge in [0.2, 0.25) is 0 Å². The van der Waals surface area contributed by atoms with Crippen LogP contribution in [0.2, 0.25) is 0 Å². The fourth-order valence-corrected chi connectivity index (χ4v) is 2.60. The molecule has 0 radical (unpaired) electrons. The van der Waals surface area contributed by atoms with Gasteiger partial charge < -0.3 is 9.79 Å². The normalized spacial score (nSPS) is 10.8. The summed E-state index contributed by atoms with van der Waals surface area (Å²) < 4.78 is 28.7. The smallest absolute Gasteiger partial charge is 0.566 e. The first kappa shape index (κ1) is 36.7. The number of hydrogen-bond donors (Lipinski definition) is 0. The zero-order valence-electron chi connectivity index (χ0n) is 17.2. The maximum Gasteiger partial charge on any atom is 1.00 e. The van der Waals surface area contributed by atoms with Crippen molar-refractivity contribution in [3.63, 3.8) is 0 Å². The summed E-state index contributed by atoms with van der Waals surface area (Å²) >= 11 is 0. The van der Waals surface area contributed by atoms with Crippen LogP contribution in [0, 0.1) is 0 Å². The second kappa shape index (κ2) is 33.0. The monoisotopic (exact) mass is 462 g/mol. The number of hydrogen-bond acceptors (Lipinski definition) is 6. The van der Waals surface area contributed by atoms with Gasteiger partial charge in [-0.3, -0.25) is 0 Å². The topological polar surface area (TPSA) is 98.7 Å². The summed E-state index contributed by atoms with van der Waals surface area (Å²) in [5.74, 6) is 0. The summed E-state index contributed by atoms with van der Waals surface area (Å²) in [6, 6.07) is 0. The van der Waals surface area contributed by atoms with E-state index in [0.29, 0.717) is 13.2 Å². The predicted octanol–water partition coefficient (Wildman–Crippen LogP) is -1.23. The standard InChI is InChI=1S/2C8H17O3P.2K/c2*1-2-3-4-5-6-7-8-11-12(9)10;;/h2*2-8H2,1H3;;/q;;2*+1. The minimum atomic E-state index is -2.63. The summed E-state index contributed by atoms with van der Waals surface area (Å²) in [5.41, 5.74) is 0. The number of rotatable bonds is 16. The van der Waals surface area contributed by atoms with Crippen LogP contribution in [0.1, 0.15) is 90.9 Å². The van der Waals surface area contributed by atoms with Crippen LogP contribution in [0.4, 0.5) is 0 Å². The molecule has 0 saturated heterocycles. The Balaban J connectivity index is -0.000000173. The number of unbranched alkanes of at least 4 members (excludes halogenated alkanes) is 10. The van der Waals surface area contributed by atoms with Gasteiger partial charge in [0.1, 0.15) is 13.2 Å². The molecule has 0 N–H and O–H groups in total. The van der Waals surface area contributed by atoms with Crippen LogP contribution in [-0.4, -0.2) is 13.2 Å². The summed E-state index contributed by atoms with van der Waals surface area (Å²) in [6.07, 6.45) is 13.8. The summed E-state index contributed by atoms with van der Waals surface area (Å²) in [7, 11) is -5.26. The van der Waals surface area contributed by atoms with E-state index < -0.39 is 16.5 Å². The molecule has 144 valence electrons. The third kappa shape index (κ3) is 41.6. The molecule has 10 heteroatoms. The Bertz CT molecular complexity index is 272. The minimum Gasteiger partial charge on any atom is -0.566 e. The van der Waals surface area contributed by atoms with Crippen LogP contribution in [0.3, 0.4) is 0 Å². The maximum atomic E-state index is 9.95. The van der Waals surface area contributed by atoms with E-state index >= 15 is 0 Å². The van der Waals surface area contributed by atoms with E-state index in [-0.39, 0.29) is 103 Å². The van der Waals surface area contributed by atoms with Crippen LogP contribution >= 0.6 is 16.5 Å². The Morgan fingerprint density at radius 2 is 0.846 bits per heavy atom. The van der Waals surface area contributed by atoms with Gasteiger partial charge in [0, 0.05) is 0 Å². The molecule has 0 bridgehead atoms. The fraction of sp³-hybridized carbons (Fsp3) is 1.00. The molecule has 2 atom stereocenters. The van der Waals surface area contributed by atoms with Crippen LogP contribution in [0.15, 0.2) is 0 Å². The molecule has 0 heterocycles. The maximum absolute atomic E-state index is 9.95. The third-order valence-corrected chi connectivity index (χ3v) is 4.18. The van der Waals surface area contributed by atoms with Gasteiger partial charge in [0.15, 0.2) is 0 Å². The summed E-state index contributed by atoms with van der Waals surface area (Å²) in [5, 5.41) is 0. The van der Waals surface area contributed by atoms with Gasteiger partial charge in [-0.05, 0) is 22.0 Å². The fourth-order valence-electron chi connectivity index (χ4n) is 2.04. The van der Waals surface area contributed by atoms with E-state index in [2.05, 4.69) is 22.9 Å². The predicted molar refractivity (Wildman–Crippen MR) is 93.9 cm³/mol. The van der Waals surface area contributed by atoms with Crippen LogP contribution in [0.25, 0.3) is 0 Å². The molecule has 0 saturated carbocycles. The van der Waals surface area contributed by atoms with Crippen molar-refractivity contribution in [3.8, 4) is 0 Å². The van der Waals surface area contributed by atoms with E-state index in [1.165, 1.54) is 51.4 Å². The van der Waals surface area contributed by atoms with Gasteiger partial charge in [-0.2, -0.15) is 0 Å². The zero-order chi connectivity index (χ0) is 18.5. The van der Waals surface area contributed by atoms with Gasteiger partial charge in [0.05, 0.1) is 0 Å². The van der Waals surface area contributed by atoms with Crippen LogP contribution in [-0.2, 0) is 18.2 Å². The molecule has 0 aromatic rings. The molecule has 0 aliphatic heterocycles. The van der Waals surface area contributed by atoms with Crippen molar-refractivity contribution in [3.05, 3.63) is 0 Å². The van der Waals surface area contributed by atoms with Crippen LogP contribution in [0.5, 0.6) is 0 Å². The Kier molecular flexibility index (Phi) is 46.5. The molecule has 6 nitrogen and oxygen atoms in total. The molecule has 0 amide bonds. The molecule has 0 aliphatic carbocycles. The second-order valence-corrected chi connectivity index (χ2v) is 7.06. The van der Waals surface area contributed by atoms with E-state index in [1.807, 2.05) is 0 Å². The van der Waals surface area contributed by atoms with Crippen molar-refractivity contribution in [2.45, 2.75) is 90.9 Å². The third-order valence-electron chi connectivity index (χ3n) is 3.39. The first-order valence-electron chi connectivity index (χ1n) is 9.09. The summed E-state index contributed by atoms with van der Waals surface area (Å²) in [6.45, 7) is 5.05. The minimum absolute atomic E-state index is 0. The molecule has 0 fully saturated rings. The average Bonchev–Trinajstić information content (AvgIpc) is 2.53. The van der Waals surface area contributed by atoms with E-state index in [0.717, 1.165) is 25.7 Å². The van der Waals surface area contributed by atoms with Gasteiger partial charge in [-0.1, -0.05) is 78.1 Å². The molecule has 0 aromatic heterocycles. The Labute approximate surface area is 247 Å². The molecular weight excluding hydrogens is 428 g/mol. The van der Waals surface area contributed by atoms with Crippen molar-refractivity contribution in [1.29, 1.82) is 0 Å². The van der Waals surface area contributed by atoms with Gasteiger partial charge >= 0.3 is 119 Å². The second-order valence-electron chi connectivity index (χ2n) is 5.65. The molecule has 0 rings (SSSR count). The van der Waals surface area contributed by atoms with Crippen molar-refractivity contribution < 1.29 is 131 Å². The Morgan fingerprint density at radius 3 is 1.12 bits per heavy atom. The molecule has 2 unspecified atom stereocenters. The van der Waals surface area contributed by atoms with Gasteiger partial charge in [-0.15, -0.1) is 9.05 Å². The first-order chi connectivity index (χ1) is 11.5. The molecule has 0 spiro atoms. The van der Waals surface area contributed by atoms with Crippen molar-refractivity contribution in [2.75, 3.05) is 13.2 Å². The first-order valence-corrected chi connectivity index (χ1v) is 11.3. The molecular formula is C16H34K2O6P2+2. The SMILES string of the molecule is CCCCCCCCO[P+](=O)[O-].CCCCCCCCO[P+](=O)[O-].[K+].[K+]. The Hall–Kier alpha value is 3.31. The summed E-state index contributed by atoms with van der Waals surface area (Å²) in [4.78, 5) is 19.9. The van der Waals surface area contributed by atoms with Crippen molar-refractivity contribution >= 4 is 16.5 Å². The molecule has 26 heavy (non-hydrogen) atoms. The quantitative estimate of drug-likeness (QED) is 0.162. The zero-order valence-corrected chi connectivity index (χ0v) is 25.3. The van der Waals surface area contributed by atoms with Gasteiger partial charge in [-0.25, -0.2) is 0 Å². The van der Waals surface area contributed by atoms with Crippen LogP contribution < -0.4 is 113 Å². The Morgan fingerprint density at radius 1 is 0.577 bits per heavy atom.